The van der Waals surface area contributed by atoms with Crippen molar-refractivity contribution in [3.05, 3.63) is 0 Å². The summed E-state index contributed by atoms with van der Waals surface area (Å²) in [5, 5.41) is 13.1. The highest BCUT2D eigenvalue weighted by atomic mass is 16.5. The molecular weight excluding hydrogens is 178 g/mol. The van der Waals surface area contributed by atoms with Gasteiger partial charge in [0.1, 0.15) is 0 Å². The average Bonchev–Trinajstić information content (AvgIpc) is 2.03. The Morgan fingerprint density at radius 2 is 2.07 bits per heavy atom. The van der Waals surface area contributed by atoms with Crippen molar-refractivity contribution < 1.29 is 9.84 Å². The predicted octanol–water partition coefficient (Wildman–Crippen LogP) is 1.41. The van der Waals surface area contributed by atoms with Crippen molar-refractivity contribution in [2.45, 2.75) is 39.7 Å². The topological polar surface area (TPSA) is 41.5 Å². The summed E-state index contributed by atoms with van der Waals surface area (Å²) in [7, 11) is 0. The van der Waals surface area contributed by atoms with Crippen molar-refractivity contribution in [3.8, 4) is 0 Å². The van der Waals surface area contributed by atoms with Crippen LogP contribution >= 0.6 is 0 Å². The van der Waals surface area contributed by atoms with Crippen LogP contribution in [0.25, 0.3) is 0 Å². The van der Waals surface area contributed by atoms with Gasteiger partial charge in [0.15, 0.2) is 0 Å². The molecule has 14 heavy (non-hydrogen) atoms. The Hall–Kier alpha value is -0.120. The second kappa shape index (κ2) is 7.21. The molecule has 86 valence electrons. The summed E-state index contributed by atoms with van der Waals surface area (Å²) < 4.78 is 5.32. The van der Waals surface area contributed by atoms with Gasteiger partial charge in [-0.1, -0.05) is 20.8 Å². The highest BCUT2D eigenvalue weighted by molar-refractivity contribution is 4.75. The van der Waals surface area contributed by atoms with E-state index >= 15 is 0 Å². The fourth-order valence-electron chi connectivity index (χ4n) is 1.12. The number of aliphatic hydroxyl groups is 1. The van der Waals surface area contributed by atoms with Crippen LogP contribution in [0, 0.1) is 5.92 Å². The summed E-state index contributed by atoms with van der Waals surface area (Å²) >= 11 is 0. The zero-order valence-corrected chi connectivity index (χ0v) is 9.97. The molecule has 0 aromatic rings. The number of ether oxygens (including phenoxy) is 1. The van der Waals surface area contributed by atoms with Crippen LogP contribution < -0.4 is 5.32 Å². The maximum atomic E-state index is 9.87. The van der Waals surface area contributed by atoms with Gasteiger partial charge in [0.05, 0.1) is 12.2 Å². The van der Waals surface area contributed by atoms with E-state index in [1.54, 1.807) is 6.92 Å². The van der Waals surface area contributed by atoms with Crippen molar-refractivity contribution in [1.82, 2.24) is 5.32 Å². The highest BCUT2D eigenvalue weighted by Crippen LogP contribution is 2.02. The first-order valence-corrected chi connectivity index (χ1v) is 5.49. The third-order valence-corrected chi connectivity index (χ3v) is 1.82. The van der Waals surface area contributed by atoms with Crippen molar-refractivity contribution in [2.24, 2.45) is 5.92 Å². The van der Waals surface area contributed by atoms with Crippen LogP contribution in [-0.4, -0.2) is 37.0 Å². The van der Waals surface area contributed by atoms with Crippen molar-refractivity contribution in [1.29, 1.82) is 0 Å². The van der Waals surface area contributed by atoms with Crippen LogP contribution in [0.2, 0.25) is 0 Å². The first-order valence-electron chi connectivity index (χ1n) is 5.49. The molecular formula is C11H25NO2. The molecule has 1 atom stereocenters. The largest absolute Gasteiger partial charge is 0.386 e. The minimum Gasteiger partial charge on any atom is -0.386 e. The molecule has 2 N–H and O–H groups in total. The lowest BCUT2D eigenvalue weighted by atomic mass is 10.1. The molecule has 0 saturated heterocycles. The summed E-state index contributed by atoms with van der Waals surface area (Å²) in [6.45, 7) is 10.8. The predicted molar refractivity (Wildman–Crippen MR) is 59.4 cm³/mol. The SMILES string of the molecule is CCCOCC(C)(O)CNCC(C)C. The smallest absolute Gasteiger partial charge is 0.0975 e. The molecule has 0 bridgehead atoms. The lowest BCUT2D eigenvalue weighted by Gasteiger charge is -2.24. The van der Waals surface area contributed by atoms with Gasteiger partial charge in [-0.15, -0.1) is 0 Å². The molecule has 0 aliphatic heterocycles. The van der Waals surface area contributed by atoms with Gasteiger partial charge in [0.2, 0.25) is 0 Å². The van der Waals surface area contributed by atoms with Crippen LogP contribution in [-0.2, 0) is 4.74 Å². The molecule has 0 aliphatic rings. The lowest BCUT2D eigenvalue weighted by molar-refractivity contribution is -0.0322. The van der Waals surface area contributed by atoms with E-state index in [4.69, 9.17) is 4.74 Å². The number of hydrogen-bond donors (Lipinski definition) is 2. The molecule has 3 nitrogen and oxygen atoms in total. The molecule has 0 saturated carbocycles. The first-order chi connectivity index (χ1) is 6.48. The van der Waals surface area contributed by atoms with E-state index in [0.717, 1.165) is 19.6 Å². The van der Waals surface area contributed by atoms with Crippen molar-refractivity contribution in [3.63, 3.8) is 0 Å². The maximum absolute atomic E-state index is 9.87. The molecule has 0 aromatic heterocycles. The molecule has 0 amide bonds. The van der Waals surface area contributed by atoms with Gasteiger partial charge in [0, 0.05) is 13.2 Å². The Labute approximate surface area is 87.8 Å². The summed E-state index contributed by atoms with van der Waals surface area (Å²) in [6, 6.07) is 0. The zero-order chi connectivity index (χ0) is 11.0. The van der Waals surface area contributed by atoms with Gasteiger partial charge in [-0.25, -0.2) is 0 Å². The van der Waals surface area contributed by atoms with Crippen LogP contribution in [0.1, 0.15) is 34.1 Å². The monoisotopic (exact) mass is 203 g/mol. The number of rotatable bonds is 8. The van der Waals surface area contributed by atoms with E-state index in [1.807, 2.05) is 0 Å². The second-order valence-corrected chi connectivity index (χ2v) is 4.57. The number of nitrogens with one attached hydrogen (secondary N) is 1. The van der Waals surface area contributed by atoms with Gasteiger partial charge < -0.3 is 15.2 Å². The molecule has 1 unspecified atom stereocenters. The molecule has 0 aromatic carbocycles. The Morgan fingerprint density at radius 3 is 2.57 bits per heavy atom. The summed E-state index contributed by atoms with van der Waals surface area (Å²) in [6.07, 6.45) is 0.996. The van der Waals surface area contributed by atoms with Crippen LogP contribution in [0.4, 0.5) is 0 Å². The maximum Gasteiger partial charge on any atom is 0.0975 e. The zero-order valence-electron chi connectivity index (χ0n) is 9.97. The molecule has 0 heterocycles. The molecule has 0 radical (unpaired) electrons. The van der Waals surface area contributed by atoms with E-state index in [-0.39, 0.29) is 0 Å². The lowest BCUT2D eigenvalue weighted by Crippen LogP contribution is -2.42. The van der Waals surface area contributed by atoms with E-state index in [9.17, 15) is 5.11 Å². The molecule has 0 fully saturated rings. The first kappa shape index (κ1) is 13.9. The Balaban J connectivity index is 3.50. The van der Waals surface area contributed by atoms with Gasteiger partial charge in [-0.2, -0.15) is 0 Å². The van der Waals surface area contributed by atoms with Gasteiger partial charge in [-0.05, 0) is 25.8 Å². The highest BCUT2D eigenvalue weighted by Gasteiger charge is 2.19. The van der Waals surface area contributed by atoms with Crippen LogP contribution in [0.15, 0.2) is 0 Å². The molecule has 3 heteroatoms. The molecule has 0 rings (SSSR count). The third-order valence-electron chi connectivity index (χ3n) is 1.82. The normalized spacial score (nSPS) is 15.9. The minimum absolute atomic E-state index is 0.409. The number of hydrogen-bond acceptors (Lipinski definition) is 3. The summed E-state index contributed by atoms with van der Waals surface area (Å²) in [5.74, 6) is 0.613. The van der Waals surface area contributed by atoms with Crippen molar-refractivity contribution >= 4 is 0 Å². The van der Waals surface area contributed by atoms with E-state index in [2.05, 4.69) is 26.1 Å². The fourth-order valence-corrected chi connectivity index (χ4v) is 1.12. The van der Waals surface area contributed by atoms with Gasteiger partial charge in [0.25, 0.3) is 0 Å². The standard InChI is InChI=1S/C11H25NO2/c1-5-6-14-9-11(4,13)8-12-7-10(2)3/h10,12-13H,5-9H2,1-4H3. The Bertz CT molecular complexity index is 135. The molecule has 0 aliphatic carbocycles. The summed E-state index contributed by atoms with van der Waals surface area (Å²) in [5.41, 5.74) is -0.746. The van der Waals surface area contributed by atoms with Crippen molar-refractivity contribution in [2.75, 3.05) is 26.3 Å². The van der Waals surface area contributed by atoms with Crippen LogP contribution in [0.5, 0.6) is 0 Å². The minimum atomic E-state index is -0.746. The van der Waals surface area contributed by atoms with E-state index in [0.29, 0.717) is 19.1 Å². The Morgan fingerprint density at radius 1 is 1.43 bits per heavy atom. The summed E-state index contributed by atoms with van der Waals surface area (Å²) in [4.78, 5) is 0. The molecule has 0 spiro atoms. The van der Waals surface area contributed by atoms with Gasteiger partial charge >= 0.3 is 0 Å². The van der Waals surface area contributed by atoms with Crippen LogP contribution in [0.3, 0.4) is 0 Å². The fraction of sp³-hybridized carbons (Fsp3) is 1.00. The quantitative estimate of drug-likeness (QED) is 0.586. The Kier molecular flexibility index (Phi) is 7.15. The average molecular weight is 203 g/mol. The van der Waals surface area contributed by atoms with Gasteiger partial charge in [-0.3, -0.25) is 0 Å². The third kappa shape index (κ3) is 8.48. The van der Waals surface area contributed by atoms with E-state index in [1.165, 1.54) is 0 Å². The van der Waals surface area contributed by atoms with E-state index < -0.39 is 5.60 Å². The second-order valence-electron chi connectivity index (χ2n) is 4.57.